The summed E-state index contributed by atoms with van der Waals surface area (Å²) < 4.78 is 12.7. The van der Waals surface area contributed by atoms with Crippen molar-refractivity contribution < 1.29 is 19.4 Å². The third-order valence-corrected chi connectivity index (χ3v) is 5.47. The Morgan fingerprint density at radius 1 is 1.26 bits per heavy atom. The van der Waals surface area contributed by atoms with Crippen LogP contribution in [0.2, 0.25) is 5.02 Å². The number of hydrogen-bond donors (Lipinski definition) is 2. The van der Waals surface area contributed by atoms with E-state index < -0.39 is 23.3 Å². The molecule has 34 heavy (non-hydrogen) atoms. The number of allylic oxidation sites excluding steroid dienone is 1. The molecular weight excluding hydrogens is 464 g/mol. The smallest absolute Gasteiger partial charge is 0.354 e. The number of carboxylic acid groups (broad SMARTS) is 1. The lowest BCUT2D eigenvalue weighted by molar-refractivity contribution is -0.141. The van der Waals surface area contributed by atoms with Crippen molar-refractivity contribution in [2.45, 2.75) is 32.5 Å². The van der Waals surface area contributed by atoms with Crippen LogP contribution in [0, 0.1) is 5.92 Å². The highest BCUT2D eigenvalue weighted by Crippen LogP contribution is 2.16. The molecule has 2 N–H and O–H groups in total. The van der Waals surface area contributed by atoms with Crippen LogP contribution in [0.5, 0.6) is 0 Å². The van der Waals surface area contributed by atoms with E-state index in [0.717, 1.165) is 10.1 Å². The fourth-order valence-corrected chi connectivity index (χ4v) is 3.41. The van der Waals surface area contributed by atoms with E-state index in [4.69, 9.17) is 21.1 Å². The van der Waals surface area contributed by atoms with Crippen molar-refractivity contribution in [3.8, 4) is 0 Å². The number of benzene rings is 1. The Morgan fingerprint density at radius 3 is 2.62 bits per heavy atom. The van der Waals surface area contributed by atoms with E-state index >= 15 is 0 Å². The van der Waals surface area contributed by atoms with Gasteiger partial charge in [-0.05, 0) is 36.3 Å². The Hall–Kier alpha value is -3.37. The number of carbonyl (C=O) groups is 1. The van der Waals surface area contributed by atoms with Gasteiger partial charge in [0.2, 0.25) is 5.95 Å². The number of hydrogen-bond acceptors (Lipinski definition) is 7. The summed E-state index contributed by atoms with van der Waals surface area (Å²) in [7, 11) is 1.60. The minimum absolute atomic E-state index is 0.0935. The van der Waals surface area contributed by atoms with Crippen molar-refractivity contribution in [2.75, 3.05) is 25.6 Å². The van der Waals surface area contributed by atoms with Crippen LogP contribution in [0.25, 0.3) is 0 Å². The minimum Gasteiger partial charge on any atom is -0.492 e. The average Bonchev–Trinajstić information content (AvgIpc) is 2.81. The number of carboxylic acids is 1. The van der Waals surface area contributed by atoms with Crippen LogP contribution in [0.15, 0.2) is 57.8 Å². The monoisotopic (exact) mass is 490 g/mol. The number of halogens is 1. The first kappa shape index (κ1) is 25.3. The Kier molecular flexibility index (Phi) is 8.67. The zero-order valence-electron chi connectivity index (χ0n) is 18.9. The van der Waals surface area contributed by atoms with Gasteiger partial charge < -0.3 is 19.9 Å². The third-order valence-electron chi connectivity index (χ3n) is 5.22. The summed E-state index contributed by atoms with van der Waals surface area (Å²) in [5, 5.41) is 12.9. The molecule has 2 atom stereocenters. The summed E-state index contributed by atoms with van der Waals surface area (Å²) in [6.07, 6.45) is 6.10. The molecule has 1 unspecified atom stereocenters. The van der Waals surface area contributed by atoms with Crippen LogP contribution in [-0.2, 0) is 27.4 Å². The lowest BCUT2D eigenvalue weighted by atomic mass is 10.1. The zero-order valence-corrected chi connectivity index (χ0v) is 19.7. The predicted molar refractivity (Wildman–Crippen MR) is 127 cm³/mol. The number of rotatable bonds is 11. The van der Waals surface area contributed by atoms with Crippen molar-refractivity contribution in [1.29, 1.82) is 0 Å². The molecule has 3 rings (SSSR count). The number of ether oxygens (including phenoxy) is 2. The van der Waals surface area contributed by atoms with Crippen LogP contribution in [0.1, 0.15) is 18.9 Å². The molecule has 0 amide bonds. The second-order valence-electron chi connectivity index (χ2n) is 7.86. The topological polar surface area (TPSA) is 125 Å². The molecule has 1 heterocycles. The van der Waals surface area contributed by atoms with Gasteiger partial charge in [0.1, 0.15) is 12.4 Å². The van der Waals surface area contributed by atoms with Crippen LogP contribution >= 0.6 is 11.6 Å². The van der Waals surface area contributed by atoms with Gasteiger partial charge in [0.15, 0.2) is 0 Å². The Labute approximate surface area is 201 Å². The molecule has 0 saturated heterocycles. The largest absolute Gasteiger partial charge is 0.492 e. The van der Waals surface area contributed by atoms with E-state index in [2.05, 4.69) is 10.3 Å². The lowest BCUT2D eigenvalue weighted by Crippen LogP contribution is -2.45. The highest BCUT2D eigenvalue weighted by molar-refractivity contribution is 6.30. The van der Waals surface area contributed by atoms with E-state index in [9.17, 15) is 19.5 Å². The number of nitrogens with zero attached hydrogens (tertiary/aromatic N) is 3. The van der Waals surface area contributed by atoms with E-state index in [0.29, 0.717) is 30.4 Å². The van der Waals surface area contributed by atoms with Gasteiger partial charge in [-0.25, -0.2) is 14.2 Å². The van der Waals surface area contributed by atoms with Crippen LogP contribution < -0.4 is 16.7 Å². The third kappa shape index (κ3) is 6.58. The van der Waals surface area contributed by atoms with Crippen molar-refractivity contribution >= 4 is 23.5 Å². The maximum atomic E-state index is 13.2. The molecule has 1 aromatic heterocycles. The van der Waals surface area contributed by atoms with Crippen LogP contribution in [0.3, 0.4) is 0 Å². The van der Waals surface area contributed by atoms with Gasteiger partial charge in [-0.1, -0.05) is 36.7 Å². The molecule has 0 bridgehead atoms. The van der Waals surface area contributed by atoms with E-state index in [1.54, 1.807) is 37.5 Å². The fraction of sp³-hybridized carbons (Fsp3) is 0.391. The molecular formula is C23H27ClN4O6. The molecule has 0 saturated carbocycles. The van der Waals surface area contributed by atoms with Gasteiger partial charge in [-0.15, -0.1) is 0 Å². The summed E-state index contributed by atoms with van der Waals surface area (Å²) >= 11 is 5.97. The minimum atomic E-state index is -1.11. The molecule has 0 fully saturated rings. The molecule has 0 spiro atoms. The first-order valence-electron chi connectivity index (χ1n) is 10.7. The predicted octanol–water partition coefficient (Wildman–Crippen LogP) is 2.11. The van der Waals surface area contributed by atoms with Crippen molar-refractivity contribution in [1.82, 2.24) is 14.1 Å². The number of aromatic nitrogens is 3. The first-order chi connectivity index (χ1) is 16.3. The van der Waals surface area contributed by atoms with Gasteiger partial charge in [-0.3, -0.25) is 9.36 Å². The Bertz CT molecular complexity index is 1190. The Balaban J connectivity index is 1.89. The summed E-state index contributed by atoms with van der Waals surface area (Å²) in [5.74, 6) is -1.24. The molecule has 0 aliphatic heterocycles. The summed E-state index contributed by atoms with van der Waals surface area (Å²) in [4.78, 5) is 41.2. The lowest BCUT2D eigenvalue weighted by Gasteiger charge is -2.21. The van der Waals surface area contributed by atoms with Crippen molar-refractivity contribution in [3.63, 3.8) is 0 Å². The van der Waals surface area contributed by atoms with Crippen molar-refractivity contribution in [3.05, 3.63) is 79.8 Å². The molecule has 0 radical (unpaired) electrons. The first-order valence-corrected chi connectivity index (χ1v) is 11.1. The second-order valence-corrected chi connectivity index (χ2v) is 8.29. The molecule has 2 aromatic rings. The number of nitrogens with one attached hydrogen (secondary N) is 1. The van der Waals surface area contributed by atoms with Gasteiger partial charge in [-0.2, -0.15) is 4.98 Å². The zero-order chi connectivity index (χ0) is 24.7. The van der Waals surface area contributed by atoms with Crippen LogP contribution in [0.4, 0.5) is 5.95 Å². The normalized spacial score (nSPS) is 16.1. The fourth-order valence-electron chi connectivity index (χ4n) is 3.29. The van der Waals surface area contributed by atoms with E-state index in [1.807, 2.05) is 12.2 Å². The van der Waals surface area contributed by atoms with Crippen LogP contribution in [-0.4, -0.2) is 51.6 Å². The van der Waals surface area contributed by atoms with Gasteiger partial charge in [0.05, 0.1) is 25.1 Å². The standard InChI is InChI=1S/C23H27ClN4O6/c1-15(20(29)30)13-28-22(31)26-21(25-18-7-9-19(10-8-18)34-12-11-33-2)27(23(28)32)14-16-3-5-17(24)6-4-16/h3-7,9-10,15,18H,8,11-14H2,1-2H3,(H,29,30)(H,25,26,31)/t15-,18?/m0/s1. The molecule has 1 aliphatic carbocycles. The highest BCUT2D eigenvalue weighted by Gasteiger charge is 2.20. The van der Waals surface area contributed by atoms with E-state index in [-0.39, 0.29) is 25.1 Å². The molecule has 182 valence electrons. The average molecular weight is 491 g/mol. The quantitative estimate of drug-likeness (QED) is 0.459. The molecule has 11 heteroatoms. The maximum absolute atomic E-state index is 13.2. The molecule has 10 nitrogen and oxygen atoms in total. The van der Waals surface area contributed by atoms with Gasteiger partial charge in [0.25, 0.3) is 0 Å². The molecule has 1 aliphatic rings. The SMILES string of the molecule is COCCOC1=CCC(Nc2nc(=O)n(C[C@H](C)C(=O)O)c(=O)n2Cc2ccc(Cl)cc2)C=C1. The maximum Gasteiger partial charge on any atom is 0.354 e. The second kappa shape index (κ2) is 11.7. The summed E-state index contributed by atoms with van der Waals surface area (Å²) in [6, 6.07) is 6.70. The van der Waals surface area contributed by atoms with Crippen molar-refractivity contribution in [2.24, 2.45) is 5.92 Å². The summed E-state index contributed by atoms with van der Waals surface area (Å²) in [5.41, 5.74) is -0.697. The number of anilines is 1. The molecule has 1 aromatic carbocycles. The highest BCUT2D eigenvalue weighted by atomic mass is 35.5. The number of methoxy groups -OCH3 is 1. The Morgan fingerprint density at radius 2 is 2.00 bits per heavy atom. The van der Waals surface area contributed by atoms with Gasteiger partial charge >= 0.3 is 17.3 Å². The number of aliphatic carboxylic acids is 1. The van der Waals surface area contributed by atoms with Gasteiger partial charge in [0, 0.05) is 18.7 Å². The summed E-state index contributed by atoms with van der Waals surface area (Å²) in [6.45, 7) is 2.17. The van der Waals surface area contributed by atoms with E-state index in [1.165, 1.54) is 11.5 Å².